The van der Waals surface area contributed by atoms with Crippen molar-refractivity contribution in [3.63, 3.8) is 0 Å². The van der Waals surface area contributed by atoms with Crippen LogP contribution in [0.3, 0.4) is 0 Å². The van der Waals surface area contributed by atoms with Gasteiger partial charge in [-0.2, -0.15) is 0 Å². The van der Waals surface area contributed by atoms with Crippen LogP contribution in [-0.4, -0.2) is 20.2 Å². The molecular weight excluding hydrogens is 280 g/mol. The third-order valence-corrected chi connectivity index (χ3v) is 3.24. The SMILES string of the molecule is COC(=O)C(OC)c1cccc(Oc2cc(C)cc(C)c2)c1. The number of ether oxygens (including phenoxy) is 3. The molecule has 0 saturated heterocycles. The maximum Gasteiger partial charge on any atom is 0.339 e. The summed E-state index contributed by atoms with van der Waals surface area (Å²) in [6.45, 7) is 4.04. The van der Waals surface area contributed by atoms with E-state index in [0.717, 1.165) is 16.9 Å². The minimum atomic E-state index is -0.757. The second-order valence-corrected chi connectivity index (χ2v) is 5.14. The molecule has 116 valence electrons. The van der Waals surface area contributed by atoms with Gasteiger partial charge < -0.3 is 14.2 Å². The van der Waals surface area contributed by atoms with Gasteiger partial charge in [-0.1, -0.05) is 18.2 Å². The number of hydrogen-bond donors (Lipinski definition) is 0. The van der Waals surface area contributed by atoms with Crippen LogP contribution in [0.25, 0.3) is 0 Å². The van der Waals surface area contributed by atoms with Gasteiger partial charge in [-0.3, -0.25) is 0 Å². The van der Waals surface area contributed by atoms with E-state index >= 15 is 0 Å². The number of hydrogen-bond acceptors (Lipinski definition) is 4. The Labute approximate surface area is 130 Å². The van der Waals surface area contributed by atoms with Crippen LogP contribution in [0, 0.1) is 13.8 Å². The monoisotopic (exact) mass is 300 g/mol. The maximum atomic E-state index is 11.7. The molecule has 0 saturated carbocycles. The summed E-state index contributed by atoms with van der Waals surface area (Å²) in [5.41, 5.74) is 2.96. The Morgan fingerprint density at radius 2 is 1.64 bits per heavy atom. The van der Waals surface area contributed by atoms with Crippen molar-refractivity contribution in [1.29, 1.82) is 0 Å². The lowest BCUT2D eigenvalue weighted by Crippen LogP contribution is -2.15. The first kappa shape index (κ1) is 16.0. The summed E-state index contributed by atoms with van der Waals surface area (Å²) in [5, 5.41) is 0. The summed E-state index contributed by atoms with van der Waals surface area (Å²) in [5.74, 6) is 0.973. The standard InChI is InChI=1S/C18H20O4/c1-12-8-13(2)10-16(9-12)22-15-7-5-6-14(11-15)17(20-3)18(19)21-4/h5-11,17H,1-4H3. The van der Waals surface area contributed by atoms with E-state index in [4.69, 9.17) is 14.2 Å². The Balaban J connectivity index is 2.26. The van der Waals surface area contributed by atoms with Crippen molar-refractivity contribution in [2.75, 3.05) is 14.2 Å². The molecule has 0 aromatic heterocycles. The average molecular weight is 300 g/mol. The van der Waals surface area contributed by atoms with Crippen LogP contribution in [0.15, 0.2) is 42.5 Å². The molecule has 0 heterocycles. The smallest absolute Gasteiger partial charge is 0.339 e. The van der Waals surface area contributed by atoms with Crippen molar-refractivity contribution in [1.82, 2.24) is 0 Å². The molecule has 4 heteroatoms. The quantitative estimate of drug-likeness (QED) is 0.784. The zero-order chi connectivity index (χ0) is 16.1. The van der Waals surface area contributed by atoms with E-state index in [1.807, 2.05) is 38.1 Å². The molecule has 4 nitrogen and oxygen atoms in total. The predicted molar refractivity (Wildman–Crippen MR) is 84.2 cm³/mol. The summed E-state index contributed by atoms with van der Waals surface area (Å²) in [6, 6.07) is 13.3. The number of methoxy groups -OCH3 is 2. The third kappa shape index (κ3) is 3.86. The lowest BCUT2D eigenvalue weighted by Gasteiger charge is -2.14. The van der Waals surface area contributed by atoms with Crippen molar-refractivity contribution in [2.45, 2.75) is 20.0 Å². The Morgan fingerprint density at radius 1 is 0.955 bits per heavy atom. The van der Waals surface area contributed by atoms with Gasteiger partial charge in [0.2, 0.25) is 0 Å². The summed E-state index contributed by atoms with van der Waals surface area (Å²) in [6.07, 6.45) is -0.757. The van der Waals surface area contributed by atoms with Crippen molar-refractivity contribution >= 4 is 5.97 Å². The Morgan fingerprint density at radius 3 is 2.23 bits per heavy atom. The highest BCUT2D eigenvalue weighted by Crippen LogP contribution is 2.27. The first-order valence-electron chi connectivity index (χ1n) is 7.00. The lowest BCUT2D eigenvalue weighted by atomic mass is 10.1. The molecule has 1 atom stereocenters. The van der Waals surface area contributed by atoms with Gasteiger partial charge in [-0.15, -0.1) is 0 Å². The lowest BCUT2D eigenvalue weighted by molar-refractivity contribution is -0.152. The Kier molecular flexibility index (Phi) is 5.17. The van der Waals surface area contributed by atoms with Crippen LogP contribution in [0.1, 0.15) is 22.8 Å². The topological polar surface area (TPSA) is 44.8 Å². The van der Waals surface area contributed by atoms with Crippen molar-refractivity contribution in [3.05, 3.63) is 59.2 Å². The van der Waals surface area contributed by atoms with Crippen LogP contribution in [0.4, 0.5) is 0 Å². The van der Waals surface area contributed by atoms with Gasteiger partial charge in [0.15, 0.2) is 6.10 Å². The van der Waals surface area contributed by atoms with Crippen LogP contribution >= 0.6 is 0 Å². The molecule has 0 aliphatic carbocycles. The second kappa shape index (κ2) is 7.09. The summed E-state index contributed by atoms with van der Waals surface area (Å²) < 4.78 is 15.8. The molecule has 0 radical (unpaired) electrons. The fourth-order valence-electron chi connectivity index (χ4n) is 2.34. The largest absolute Gasteiger partial charge is 0.467 e. The van der Waals surface area contributed by atoms with E-state index in [-0.39, 0.29) is 0 Å². The van der Waals surface area contributed by atoms with Crippen LogP contribution in [0.2, 0.25) is 0 Å². The van der Waals surface area contributed by atoms with E-state index in [1.165, 1.54) is 14.2 Å². The molecule has 22 heavy (non-hydrogen) atoms. The molecule has 0 aliphatic heterocycles. The van der Waals surface area contributed by atoms with Gasteiger partial charge >= 0.3 is 5.97 Å². The molecule has 2 aromatic rings. The second-order valence-electron chi connectivity index (χ2n) is 5.14. The van der Waals surface area contributed by atoms with E-state index in [2.05, 4.69) is 6.07 Å². The highest BCUT2D eigenvalue weighted by molar-refractivity contribution is 5.76. The highest BCUT2D eigenvalue weighted by atomic mass is 16.6. The molecule has 1 unspecified atom stereocenters. The van der Waals surface area contributed by atoms with E-state index in [1.54, 1.807) is 12.1 Å². The van der Waals surface area contributed by atoms with Gasteiger partial charge in [-0.25, -0.2) is 4.79 Å². The van der Waals surface area contributed by atoms with Crippen molar-refractivity contribution in [3.8, 4) is 11.5 Å². The zero-order valence-electron chi connectivity index (χ0n) is 13.3. The fourth-order valence-corrected chi connectivity index (χ4v) is 2.34. The minimum Gasteiger partial charge on any atom is -0.467 e. The van der Waals surface area contributed by atoms with Gasteiger partial charge in [-0.05, 0) is 54.8 Å². The molecule has 2 rings (SSSR count). The first-order chi connectivity index (χ1) is 10.5. The fraction of sp³-hybridized carbons (Fsp3) is 0.278. The third-order valence-electron chi connectivity index (χ3n) is 3.24. The molecule has 2 aromatic carbocycles. The van der Waals surface area contributed by atoms with Gasteiger partial charge in [0.1, 0.15) is 11.5 Å². The van der Waals surface area contributed by atoms with Gasteiger partial charge in [0, 0.05) is 7.11 Å². The van der Waals surface area contributed by atoms with Crippen LogP contribution < -0.4 is 4.74 Å². The molecule has 0 fully saturated rings. The first-order valence-corrected chi connectivity index (χ1v) is 7.00. The molecule has 0 aliphatic rings. The number of aryl methyl sites for hydroxylation is 2. The van der Waals surface area contributed by atoms with Crippen LogP contribution in [-0.2, 0) is 14.3 Å². The highest BCUT2D eigenvalue weighted by Gasteiger charge is 2.21. The van der Waals surface area contributed by atoms with Gasteiger partial charge in [0.05, 0.1) is 7.11 Å². The number of rotatable bonds is 5. The average Bonchev–Trinajstić information content (AvgIpc) is 2.47. The minimum absolute atomic E-state index is 0.439. The summed E-state index contributed by atoms with van der Waals surface area (Å²) in [4.78, 5) is 11.7. The Bertz CT molecular complexity index is 644. The summed E-state index contributed by atoms with van der Waals surface area (Å²) in [7, 11) is 2.81. The maximum absolute atomic E-state index is 11.7. The molecular formula is C18H20O4. The predicted octanol–water partition coefficient (Wildman–Crippen LogP) is 3.96. The molecule has 0 amide bonds. The van der Waals surface area contributed by atoms with Crippen molar-refractivity contribution < 1.29 is 19.0 Å². The van der Waals surface area contributed by atoms with Crippen LogP contribution in [0.5, 0.6) is 11.5 Å². The van der Waals surface area contributed by atoms with E-state index in [0.29, 0.717) is 11.3 Å². The van der Waals surface area contributed by atoms with Crippen molar-refractivity contribution in [2.24, 2.45) is 0 Å². The summed E-state index contributed by atoms with van der Waals surface area (Å²) >= 11 is 0. The van der Waals surface area contributed by atoms with Gasteiger partial charge in [0.25, 0.3) is 0 Å². The number of benzene rings is 2. The Hall–Kier alpha value is -2.33. The van der Waals surface area contributed by atoms with E-state index in [9.17, 15) is 4.79 Å². The number of carbonyl (C=O) groups excluding carboxylic acids is 1. The number of esters is 1. The molecule has 0 bridgehead atoms. The van der Waals surface area contributed by atoms with E-state index < -0.39 is 12.1 Å². The number of carbonyl (C=O) groups is 1. The molecule has 0 N–H and O–H groups in total. The molecule has 0 spiro atoms. The zero-order valence-corrected chi connectivity index (χ0v) is 13.3. The normalized spacial score (nSPS) is 11.8.